The normalized spacial score (nSPS) is 11.8. The van der Waals surface area contributed by atoms with Crippen molar-refractivity contribution < 1.29 is 0 Å². The Kier molecular flexibility index (Phi) is 4.93. The zero-order chi connectivity index (χ0) is 14.5. The highest BCUT2D eigenvalue weighted by Gasteiger charge is 2.08. The number of halogens is 1. The number of pyridine rings is 1. The third kappa shape index (κ3) is 3.92. The molecule has 2 aromatic rings. The topological polar surface area (TPSA) is 37.0 Å². The first-order chi connectivity index (χ1) is 9.56. The maximum atomic E-state index is 5.99. The lowest BCUT2D eigenvalue weighted by molar-refractivity contribution is 0.721. The Hall–Kier alpha value is -1.65. The average Bonchev–Trinajstić information content (AvgIpc) is 2.43. The number of nitrogens with one attached hydrogen (secondary N) is 2. The number of benzene rings is 1. The van der Waals surface area contributed by atoms with E-state index in [9.17, 15) is 0 Å². The highest BCUT2D eigenvalue weighted by Crippen LogP contribution is 2.20. The van der Waals surface area contributed by atoms with E-state index in [0.717, 1.165) is 16.8 Å². The van der Waals surface area contributed by atoms with E-state index in [0.29, 0.717) is 10.1 Å². The van der Waals surface area contributed by atoms with Gasteiger partial charge in [-0.25, -0.2) is 0 Å². The molecule has 3 nitrogen and oxygen atoms in total. The van der Waals surface area contributed by atoms with Crippen molar-refractivity contribution in [2.45, 2.75) is 19.9 Å². The summed E-state index contributed by atoms with van der Waals surface area (Å²) in [5.41, 5.74) is 3.14. The number of nitrogens with zero attached hydrogens (tertiary/aromatic N) is 1. The van der Waals surface area contributed by atoms with Gasteiger partial charge < -0.3 is 10.6 Å². The zero-order valence-corrected chi connectivity index (χ0v) is 12.9. The van der Waals surface area contributed by atoms with Crippen LogP contribution in [0.5, 0.6) is 0 Å². The summed E-state index contributed by atoms with van der Waals surface area (Å²) < 4.78 is 0. The standard InChI is InChI=1S/C15H16ClN3S/c1-10-3-4-13(16)9-14(10)19-15(20)18-11(2)12-5-7-17-8-6-12/h3-9,11H,1-2H3,(H2,18,19,20). The van der Waals surface area contributed by atoms with Crippen LogP contribution in [-0.4, -0.2) is 10.1 Å². The molecule has 0 aliphatic rings. The van der Waals surface area contributed by atoms with E-state index in [2.05, 4.69) is 15.6 Å². The van der Waals surface area contributed by atoms with E-state index < -0.39 is 0 Å². The van der Waals surface area contributed by atoms with Crippen molar-refractivity contribution in [3.8, 4) is 0 Å². The zero-order valence-electron chi connectivity index (χ0n) is 11.4. The van der Waals surface area contributed by atoms with Crippen molar-refractivity contribution in [2.24, 2.45) is 0 Å². The summed E-state index contributed by atoms with van der Waals surface area (Å²) in [6.45, 7) is 4.06. The first-order valence-electron chi connectivity index (χ1n) is 6.30. The average molecular weight is 306 g/mol. The molecule has 1 aromatic heterocycles. The van der Waals surface area contributed by atoms with Gasteiger partial charge in [0.25, 0.3) is 0 Å². The summed E-state index contributed by atoms with van der Waals surface area (Å²) in [7, 11) is 0. The van der Waals surface area contributed by atoms with Crippen molar-refractivity contribution in [3.05, 3.63) is 58.9 Å². The van der Waals surface area contributed by atoms with Gasteiger partial charge in [-0.2, -0.15) is 0 Å². The Morgan fingerprint density at radius 2 is 1.95 bits per heavy atom. The van der Waals surface area contributed by atoms with Crippen molar-refractivity contribution in [3.63, 3.8) is 0 Å². The Labute approximate surface area is 129 Å². The number of aromatic nitrogens is 1. The van der Waals surface area contributed by atoms with Crippen molar-refractivity contribution in [1.82, 2.24) is 10.3 Å². The van der Waals surface area contributed by atoms with Crippen LogP contribution in [0, 0.1) is 6.92 Å². The van der Waals surface area contributed by atoms with E-state index >= 15 is 0 Å². The van der Waals surface area contributed by atoms with Crippen LogP contribution in [0.2, 0.25) is 5.02 Å². The van der Waals surface area contributed by atoms with Crippen LogP contribution in [0.3, 0.4) is 0 Å². The maximum absolute atomic E-state index is 5.99. The minimum Gasteiger partial charge on any atom is -0.356 e. The molecular formula is C15H16ClN3S. The number of rotatable bonds is 3. The van der Waals surface area contributed by atoms with Crippen LogP contribution in [0.1, 0.15) is 24.1 Å². The van der Waals surface area contributed by atoms with Gasteiger partial charge in [-0.15, -0.1) is 0 Å². The molecule has 1 atom stereocenters. The number of thiocarbonyl (C=S) groups is 1. The van der Waals surface area contributed by atoms with Crippen LogP contribution in [-0.2, 0) is 0 Å². The van der Waals surface area contributed by atoms with Gasteiger partial charge in [-0.3, -0.25) is 4.98 Å². The smallest absolute Gasteiger partial charge is 0.171 e. The third-order valence-corrected chi connectivity index (χ3v) is 3.46. The van der Waals surface area contributed by atoms with E-state index in [4.69, 9.17) is 23.8 Å². The molecular weight excluding hydrogens is 290 g/mol. The Balaban J connectivity index is 2.01. The number of hydrogen-bond donors (Lipinski definition) is 2. The second kappa shape index (κ2) is 6.68. The predicted molar refractivity (Wildman–Crippen MR) is 88.2 cm³/mol. The highest BCUT2D eigenvalue weighted by atomic mass is 35.5. The minimum atomic E-state index is 0.109. The summed E-state index contributed by atoms with van der Waals surface area (Å²) in [6.07, 6.45) is 3.54. The van der Waals surface area contributed by atoms with Crippen LogP contribution >= 0.6 is 23.8 Å². The first kappa shape index (κ1) is 14.8. The molecule has 2 rings (SSSR count). The van der Waals surface area contributed by atoms with Gasteiger partial charge in [-0.05, 0) is 61.5 Å². The molecule has 0 fully saturated rings. The second-order valence-corrected chi connectivity index (χ2v) is 5.40. The van der Waals surface area contributed by atoms with Crippen LogP contribution in [0.25, 0.3) is 0 Å². The van der Waals surface area contributed by atoms with Crippen molar-refractivity contribution in [1.29, 1.82) is 0 Å². The Bertz CT molecular complexity index is 601. The molecule has 0 amide bonds. The fourth-order valence-electron chi connectivity index (χ4n) is 1.82. The molecule has 0 saturated heterocycles. The molecule has 1 heterocycles. The predicted octanol–water partition coefficient (Wildman–Crippen LogP) is 4.09. The summed E-state index contributed by atoms with van der Waals surface area (Å²) in [5.74, 6) is 0. The minimum absolute atomic E-state index is 0.109. The van der Waals surface area contributed by atoms with E-state index in [1.54, 1.807) is 12.4 Å². The Morgan fingerprint density at radius 1 is 1.25 bits per heavy atom. The van der Waals surface area contributed by atoms with E-state index in [1.165, 1.54) is 0 Å². The highest BCUT2D eigenvalue weighted by molar-refractivity contribution is 7.80. The van der Waals surface area contributed by atoms with Gasteiger partial charge >= 0.3 is 0 Å². The van der Waals surface area contributed by atoms with Gasteiger partial charge in [0.15, 0.2) is 5.11 Å². The van der Waals surface area contributed by atoms with Crippen molar-refractivity contribution >= 4 is 34.6 Å². The molecule has 104 valence electrons. The fourth-order valence-corrected chi connectivity index (χ4v) is 2.28. The van der Waals surface area contributed by atoms with Crippen LogP contribution in [0.15, 0.2) is 42.7 Å². The van der Waals surface area contributed by atoms with E-state index in [1.807, 2.05) is 44.2 Å². The molecule has 1 unspecified atom stereocenters. The van der Waals surface area contributed by atoms with Crippen LogP contribution < -0.4 is 10.6 Å². The lowest BCUT2D eigenvalue weighted by Gasteiger charge is -2.18. The monoisotopic (exact) mass is 305 g/mol. The number of hydrogen-bond acceptors (Lipinski definition) is 2. The second-order valence-electron chi connectivity index (χ2n) is 4.56. The molecule has 0 aliphatic heterocycles. The van der Waals surface area contributed by atoms with E-state index in [-0.39, 0.29) is 6.04 Å². The summed E-state index contributed by atoms with van der Waals surface area (Å²) >= 11 is 11.3. The summed E-state index contributed by atoms with van der Waals surface area (Å²) in [6, 6.07) is 9.72. The molecule has 1 aromatic carbocycles. The largest absolute Gasteiger partial charge is 0.356 e. The van der Waals surface area contributed by atoms with Gasteiger partial charge in [0.2, 0.25) is 0 Å². The molecule has 0 bridgehead atoms. The van der Waals surface area contributed by atoms with Crippen molar-refractivity contribution in [2.75, 3.05) is 5.32 Å². The van der Waals surface area contributed by atoms with Gasteiger partial charge in [0, 0.05) is 23.1 Å². The van der Waals surface area contributed by atoms with Gasteiger partial charge in [0.05, 0.1) is 6.04 Å². The molecule has 2 N–H and O–H groups in total. The van der Waals surface area contributed by atoms with Gasteiger partial charge in [0.1, 0.15) is 0 Å². The Morgan fingerprint density at radius 3 is 2.65 bits per heavy atom. The third-order valence-electron chi connectivity index (χ3n) is 3.00. The number of anilines is 1. The first-order valence-corrected chi connectivity index (χ1v) is 7.08. The van der Waals surface area contributed by atoms with Crippen LogP contribution in [0.4, 0.5) is 5.69 Å². The summed E-state index contributed by atoms with van der Waals surface area (Å²) in [5, 5.41) is 7.67. The molecule has 0 saturated carbocycles. The lowest BCUT2D eigenvalue weighted by atomic mass is 10.1. The molecule has 20 heavy (non-hydrogen) atoms. The molecule has 0 aliphatic carbocycles. The quantitative estimate of drug-likeness (QED) is 0.838. The SMILES string of the molecule is Cc1ccc(Cl)cc1NC(=S)NC(C)c1ccncc1. The lowest BCUT2D eigenvalue weighted by Crippen LogP contribution is -2.31. The van der Waals surface area contributed by atoms with Gasteiger partial charge in [-0.1, -0.05) is 17.7 Å². The molecule has 0 radical (unpaired) electrons. The maximum Gasteiger partial charge on any atom is 0.171 e. The molecule has 5 heteroatoms. The summed E-state index contributed by atoms with van der Waals surface area (Å²) in [4.78, 5) is 4.01. The molecule has 0 spiro atoms. The fraction of sp³-hybridized carbons (Fsp3) is 0.200. The number of aryl methyl sites for hydroxylation is 1.